The molecule has 4 rings (SSSR count). The highest BCUT2D eigenvalue weighted by molar-refractivity contribution is 7.89. The fraction of sp³-hybridized carbons (Fsp3) is 0.368. The lowest BCUT2D eigenvalue weighted by Crippen LogP contribution is -2.48. The van der Waals surface area contributed by atoms with E-state index in [9.17, 15) is 8.42 Å². The molecule has 8 heteroatoms. The van der Waals surface area contributed by atoms with Crippen LogP contribution in [0.3, 0.4) is 0 Å². The van der Waals surface area contributed by atoms with Gasteiger partial charge in [-0.3, -0.25) is 4.90 Å². The first kappa shape index (κ1) is 18.6. The van der Waals surface area contributed by atoms with E-state index in [2.05, 4.69) is 4.90 Å². The largest absolute Gasteiger partial charge is 0.486 e. The molecule has 2 aromatic rings. The molecule has 0 bridgehead atoms. The van der Waals surface area contributed by atoms with E-state index in [0.717, 1.165) is 6.54 Å². The number of piperazine rings is 1. The van der Waals surface area contributed by atoms with Gasteiger partial charge in [-0.15, -0.1) is 0 Å². The first-order valence-corrected chi connectivity index (χ1v) is 10.7. The standard InChI is InChI=1S/C19H21ClN2O4S/c20-16-3-1-15(2-4-16)14-21-7-9-22(10-8-21)27(23,24)17-5-6-18-19(13-17)26-12-11-25-18/h1-6,13H,7-12,14H2. The molecule has 0 radical (unpaired) electrons. The van der Waals surface area contributed by atoms with Crippen LogP contribution in [-0.2, 0) is 16.6 Å². The minimum atomic E-state index is -3.54. The molecule has 27 heavy (non-hydrogen) atoms. The van der Waals surface area contributed by atoms with Gasteiger partial charge in [0.1, 0.15) is 13.2 Å². The summed E-state index contributed by atoms with van der Waals surface area (Å²) in [4.78, 5) is 2.50. The zero-order valence-electron chi connectivity index (χ0n) is 14.8. The van der Waals surface area contributed by atoms with Gasteiger partial charge in [-0.05, 0) is 29.8 Å². The summed E-state index contributed by atoms with van der Waals surface area (Å²) in [5.41, 5.74) is 1.17. The van der Waals surface area contributed by atoms with Crippen molar-refractivity contribution in [2.45, 2.75) is 11.4 Å². The van der Waals surface area contributed by atoms with Gasteiger partial charge in [0.15, 0.2) is 11.5 Å². The predicted octanol–water partition coefficient (Wildman–Crippen LogP) is 2.62. The normalized spacial score (nSPS) is 18.4. The van der Waals surface area contributed by atoms with Gasteiger partial charge in [0.25, 0.3) is 0 Å². The van der Waals surface area contributed by atoms with Crippen LogP contribution < -0.4 is 9.47 Å². The van der Waals surface area contributed by atoms with Crippen molar-refractivity contribution in [2.24, 2.45) is 0 Å². The molecule has 0 atom stereocenters. The van der Waals surface area contributed by atoms with Crippen molar-refractivity contribution in [3.8, 4) is 11.5 Å². The van der Waals surface area contributed by atoms with Crippen molar-refractivity contribution in [1.29, 1.82) is 0 Å². The molecule has 0 unspecified atom stereocenters. The molecule has 1 fully saturated rings. The second-order valence-electron chi connectivity index (χ2n) is 6.61. The molecule has 6 nitrogen and oxygen atoms in total. The summed E-state index contributed by atoms with van der Waals surface area (Å²) in [6, 6.07) is 12.6. The maximum absolute atomic E-state index is 13.0. The van der Waals surface area contributed by atoms with E-state index in [1.165, 1.54) is 9.87 Å². The molecule has 0 aromatic heterocycles. The number of sulfonamides is 1. The summed E-state index contributed by atoms with van der Waals surface area (Å²) in [5, 5.41) is 0.717. The highest BCUT2D eigenvalue weighted by atomic mass is 35.5. The van der Waals surface area contributed by atoms with Crippen LogP contribution in [0.15, 0.2) is 47.4 Å². The Bertz CT molecular complexity index is 910. The maximum Gasteiger partial charge on any atom is 0.243 e. The molecule has 2 aliphatic rings. The Morgan fingerprint density at radius 2 is 1.56 bits per heavy atom. The highest BCUT2D eigenvalue weighted by Gasteiger charge is 2.29. The number of hydrogen-bond donors (Lipinski definition) is 0. The fourth-order valence-corrected chi connectivity index (χ4v) is 4.87. The van der Waals surface area contributed by atoms with Crippen molar-refractivity contribution < 1.29 is 17.9 Å². The molecule has 2 heterocycles. The van der Waals surface area contributed by atoms with E-state index in [1.807, 2.05) is 24.3 Å². The SMILES string of the molecule is O=S(=O)(c1ccc2c(c1)OCCO2)N1CCN(Cc2ccc(Cl)cc2)CC1. The van der Waals surface area contributed by atoms with E-state index in [4.69, 9.17) is 21.1 Å². The molecule has 1 saturated heterocycles. The van der Waals surface area contributed by atoms with Crippen LogP contribution >= 0.6 is 11.6 Å². The Hall–Kier alpha value is -1.80. The van der Waals surface area contributed by atoms with Gasteiger partial charge in [0.05, 0.1) is 4.90 Å². The summed E-state index contributed by atoms with van der Waals surface area (Å²) < 4.78 is 38.5. The van der Waals surface area contributed by atoms with E-state index in [1.54, 1.807) is 18.2 Å². The highest BCUT2D eigenvalue weighted by Crippen LogP contribution is 2.33. The summed E-state index contributed by atoms with van der Waals surface area (Å²) in [6.45, 7) is 4.00. The minimum Gasteiger partial charge on any atom is -0.486 e. The third-order valence-electron chi connectivity index (χ3n) is 4.80. The van der Waals surface area contributed by atoms with Crippen molar-refractivity contribution >= 4 is 21.6 Å². The second-order valence-corrected chi connectivity index (χ2v) is 8.99. The van der Waals surface area contributed by atoms with Crippen molar-refractivity contribution in [3.05, 3.63) is 53.1 Å². The maximum atomic E-state index is 13.0. The van der Waals surface area contributed by atoms with E-state index < -0.39 is 10.0 Å². The first-order valence-electron chi connectivity index (χ1n) is 8.89. The Kier molecular flexibility index (Phi) is 5.27. The molecule has 144 valence electrons. The smallest absolute Gasteiger partial charge is 0.243 e. The molecular formula is C19H21ClN2O4S. The van der Waals surface area contributed by atoms with Gasteiger partial charge in [-0.1, -0.05) is 23.7 Å². The molecule has 0 saturated carbocycles. The van der Waals surface area contributed by atoms with Crippen LogP contribution in [0.4, 0.5) is 0 Å². The number of nitrogens with zero attached hydrogens (tertiary/aromatic N) is 2. The summed E-state index contributed by atoms with van der Waals surface area (Å²) in [7, 11) is -3.54. The monoisotopic (exact) mass is 408 g/mol. The third kappa shape index (κ3) is 4.06. The zero-order valence-corrected chi connectivity index (χ0v) is 16.4. The molecule has 2 aliphatic heterocycles. The number of benzene rings is 2. The fourth-order valence-electron chi connectivity index (χ4n) is 3.31. The van der Waals surface area contributed by atoms with Gasteiger partial charge in [0.2, 0.25) is 10.0 Å². The Labute approximate surface area is 164 Å². The van der Waals surface area contributed by atoms with E-state index in [0.29, 0.717) is 55.9 Å². The van der Waals surface area contributed by atoms with E-state index in [-0.39, 0.29) is 4.90 Å². The van der Waals surface area contributed by atoms with Gasteiger partial charge >= 0.3 is 0 Å². The molecule has 0 amide bonds. The molecule has 0 spiro atoms. The van der Waals surface area contributed by atoms with Gasteiger partial charge in [-0.2, -0.15) is 4.31 Å². The predicted molar refractivity (Wildman–Crippen MR) is 103 cm³/mol. The number of ether oxygens (including phenoxy) is 2. The zero-order chi connectivity index (χ0) is 18.9. The minimum absolute atomic E-state index is 0.248. The number of rotatable bonds is 4. The molecule has 2 aromatic carbocycles. The summed E-state index contributed by atoms with van der Waals surface area (Å²) in [5.74, 6) is 1.08. The first-order chi connectivity index (χ1) is 13.0. The summed E-state index contributed by atoms with van der Waals surface area (Å²) in [6.07, 6.45) is 0. The quantitative estimate of drug-likeness (QED) is 0.778. The lowest BCUT2D eigenvalue weighted by molar-refractivity contribution is 0.170. The van der Waals surface area contributed by atoms with Gasteiger partial charge < -0.3 is 9.47 Å². The Morgan fingerprint density at radius 1 is 0.889 bits per heavy atom. The van der Waals surface area contributed by atoms with Crippen LogP contribution in [0, 0.1) is 0 Å². The number of halogens is 1. The van der Waals surface area contributed by atoms with Crippen molar-refractivity contribution in [3.63, 3.8) is 0 Å². The van der Waals surface area contributed by atoms with Crippen LogP contribution in [0.5, 0.6) is 11.5 Å². The lowest BCUT2D eigenvalue weighted by Gasteiger charge is -2.34. The van der Waals surface area contributed by atoms with Crippen LogP contribution in [-0.4, -0.2) is 57.0 Å². The topological polar surface area (TPSA) is 59.1 Å². The average Bonchev–Trinajstić information content (AvgIpc) is 2.70. The number of hydrogen-bond acceptors (Lipinski definition) is 5. The molecular weight excluding hydrogens is 388 g/mol. The Morgan fingerprint density at radius 3 is 2.26 bits per heavy atom. The Balaban J connectivity index is 1.41. The van der Waals surface area contributed by atoms with Crippen molar-refractivity contribution in [2.75, 3.05) is 39.4 Å². The van der Waals surface area contributed by atoms with Gasteiger partial charge in [0, 0.05) is 43.8 Å². The van der Waals surface area contributed by atoms with Crippen LogP contribution in [0.2, 0.25) is 5.02 Å². The lowest BCUT2D eigenvalue weighted by atomic mass is 10.2. The van der Waals surface area contributed by atoms with Gasteiger partial charge in [-0.25, -0.2) is 8.42 Å². The van der Waals surface area contributed by atoms with E-state index >= 15 is 0 Å². The summed E-state index contributed by atoms with van der Waals surface area (Å²) >= 11 is 5.92. The molecule has 0 N–H and O–H groups in total. The van der Waals surface area contributed by atoms with Crippen LogP contribution in [0.1, 0.15) is 5.56 Å². The third-order valence-corrected chi connectivity index (χ3v) is 6.95. The average molecular weight is 409 g/mol. The van der Waals surface area contributed by atoms with Crippen molar-refractivity contribution in [1.82, 2.24) is 9.21 Å². The second kappa shape index (κ2) is 7.67. The molecule has 0 aliphatic carbocycles. The number of fused-ring (bicyclic) bond motifs is 1. The van der Waals surface area contributed by atoms with Crippen LogP contribution in [0.25, 0.3) is 0 Å².